The fraction of sp³-hybridized carbons (Fsp3) is 0.273. The summed E-state index contributed by atoms with van der Waals surface area (Å²) < 4.78 is 4.59. The lowest BCUT2D eigenvalue weighted by Gasteiger charge is -2.20. The third-order valence-corrected chi connectivity index (χ3v) is 4.82. The molecule has 144 valence electrons. The topological polar surface area (TPSA) is 80.8 Å². The monoisotopic (exact) mass is 379 g/mol. The van der Waals surface area contributed by atoms with Gasteiger partial charge >= 0.3 is 5.97 Å². The maximum atomic E-state index is 12.8. The Bertz CT molecular complexity index is 928. The summed E-state index contributed by atoms with van der Waals surface area (Å²) in [6.45, 7) is 1.77. The number of rotatable bonds is 7. The fourth-order valence-electron chi connectivity index (χ4n) is 3.36. The van der Waals surface area contributed by atoms with E-state index < -0.39 is 11.8 Å². The Hall–Kier alpha value is -3.28. The molecule has 0 saturated carbocycles. The minimum atomic E-state index is -0.422. The zero-order valence-corrected chi connectivity index (χ0v) is 15.9. The maximum absolute atomic E-state index is 12.8. The summed E-state index contributed by atoms with van der Waals surface area (Å²) in [7, 11) is 1.33. The van der Waals surface area contributed by atoms with Crippen LogP contribution in [0.1, 0.15) is 62.3 Å². The highest BCUT2D eigenvalue weighted by molar-refractivity contribution is 6.35. The normalized spacial score (nSPS) is 12.9. The molecule has 3 rings (SSSR count). The number of unbranched alkanes of at least 4 members (excludes halogenated alkanes) is 1. The highest BCUT2D eigenvalue weighted by Crippen LogP contribution is 2.34. The Kier molecular flexibility index (Phi) is 5.68. The van der Waals surface area contributed by atoms with Gasteiger partial charge in [-0.1, -0.05) is 24.3 Å². The van der Waals surface area contributed by atoms with E-state index >= 15 is 0 Å². The van der Waals surface area contributed by atoms with Crippen molar-refractivity contribution in [2.75, 3.05) is 12.0 Å². The Morgan fingerprint density at radius 2 is 1.50 bits per heavy atom. The first-order valence-electron chi connectivity index (χ1n) is 9.13. The zero-order valence-electron chi connectivity index (χ0n) is 15.9. The van der Waals surface area contributed by atoms with Crippen molar-refractivity contribution in [2.45, 2.75) is 32.6 Å². The number of methoxy groups -OCH3 is 1. The van der Waals surface area contributed by atoms with Crippen LogP contribution in [0, 0.1) is 6.92 Å². The summed E-state index contributed by atoms with van der Waals surface area (Å²) in [5.41, 5.74) is 2.04. The molecule has 0 spiro atoms. The molecule has 2 aromatic carbocycles. The fourth-order valence-corrected chi connectivity index (χ4v) is 3.36. The number of fused-ring (bicyclic) bond motifs is 1. The summed E-state index contributed by atoms with van der Waals surface area (Å²) >= 11 is 0. The lowest BCUT2D eigenvalue weighted by Crippen LogP contribution is -2.31. The van der Waals surface area contributed by atoms with Crippen LogP contribution in [-0.2, 0) is 9.53 Å². The molecular formula is C22H21NO5. The summed E-state index contributed by atoms with van der Waals surface area (Å²) in [5, 5.41) is 0. The Morgan fingerprint density at radius 3 is 2.11 bits per heavy atom. The Morgan fingerprint density at radius 1 is 0.893 bits per heavy atom. The molecule has 0 fully saturated rings. The van der Waals surface area contributed by atoms with Crippen molar-refractivity contribution >= 4 is 29.3 Å². The van der Waals surface area contributed by atoms with Gasteiger partial charge < -0.3 is 4.74 Å². The molecule has 1 aliphatic rings. The zero-order chi connectivity index (χ0) is 20.3. The predicted octanol–water partition coefficient (Wildman–Crippen LogP) is 3.71. The molecular weight excluding hydrogens is 358 g/mol. The molecule has 1 heterocycles. The van der Waals surface area contributed by atoms with Crippen molar-refractivity contribution in [1.82, 2.24) is 0 Å². The molecule has 0 N–H and O–H groups in total. The third-order valence-electron chi connectivity index (χ3n) is 4.82. The van der Waals surface area contributed by atoms with E-state index in [0.29, 0.717) is 40.8 Å². The van der Waals surface area contributed by atoms with Gasteiger partial charge in [-0.05, 0) is 43.5 Å². The molecule has 0 bridgehead atoms. The number of ether oxygens (including phenoxy) is 1. The van der Waals surface area contributed by atoms with Crippen LogP contribution in [0.5, 0.6) is 0 Å². The van der Waals surface area contributed by atoms with Crippen molar-refractivity contribution in [1.29, 1.82) is 0 Å². The van der Waals surface area contributed by atoms with Gasteiger partial charge in [0.25, 0.3) is 11.8 Å². The lowest BCUT2D eigenvalue weighted by atomic mass is 9.99. The highest BCUT2D eigenvalue weighted by Gasteiger charge is 2.38. The van der Waals surface area contributed by atoms with Crippen LogP contribution in [0.4, 0.5) is 5.69 Å². The van der Waals surface area contributed by atoms with E-state index in [1.165, 1.54) is 7.11 Å². The summed E-state index contributed by atoms with van der Waals surface area (Å²) in [6, 6.07) is 11.8. The Labute approximate surface area is 163 Å². The van der Waals surface area contributed by atoms with E-state index in [0.717, 1.165) is 4.90 Å². The number of imide groups is 1. The molecule has 0 aromatic heterocycles. The molecule has 0 unspecified atom stereocenters. The lowest BCUT2D eigenvalue weighted by molar-refractivity contribution is -0.140. The molecule has 0 radical (unpaired) electrons. The van der Waals surface area contributed by atoms with Crippen LogP contribution < -0.4 is 4.90 Å². The first-order valence-corrected chi connectivity index (χ1v) is 9.13. The number of benzene rings is 2. The van der Waals surface area contributed by atoms with Crippen molar-refractivity contribution in [2.24, 2.45) is 0 Å². The van der Waals surface area contributed by atoms with Gasteiger partial charge in [-0.15, -0.1) is 0 Å². The Balaban J connectivity index is 1.86. The number of esters is 1. The number of nitrogens with zero attached hydrogens (tertiary/aromatic N) is 1. The SMILES string of the molecule is COC(=O)CCCCC(=O)c1cccc(C)c1N1C(=O)c2ccccc2C1=O. The van der Waals surface area contributed by atoms with Crippen LogP contribution >= 0.6 is 0 Å². The molecule has 0 atom stereocenters. The van der Waals surface area contributed by atoms with Gasteiger partial charge in [0.05, 0.1) is 23.9 Å². The second-order valence-electron chi connectivity index (χ2n) is 6.67. The van der Waals surface area contributed by atoms with Crippen LogP contribution in [-0.4, -0.2) is 30.7 Å². The standard InChI is InChI=1S/C22H21NO5/c1-14-8-7-11-17(18(24)12-5-6-13-19(25)28-2)20(14)23-21(26)15-9-3-4-10-16(15)22(23)27/h3-4,7-11H,5-6,12-13H2,1-2H3. The first-order chi connectivity index (χ1) is 13.5. The molecule has 2 aromatic rings. The smallest absolute Gasteiger partial charge is 0.305 e. The van der Waals surface area contributed by atoms with E-state index in [2.05, 4.69) is 4.74 Å². The minimum Gasteiger partial charge on any atom is -0.469 e. The quantitative estimate of drug-likeness (QED) is 0.317. The number of ketones is 1. The van der Waals surface area contributed by atoms with Gasteiger partial charge in [-0.3, -0.25) is 19.2 Å². The second kappa shape index (κ2) is 8.17. The van der Waals surface area contributed by atoms with E-state index in [9.17, 15) is 19.2 Å². The number of para-hydroxylation sites is 1. The van der Waals surface area contributed by atoms with Gasteiger partial charge in [0.15, 0.2) is 5.78 Å². The summed E-state index contributed by atoms with van der Waals surface area (Å²) in [4.78, 5) is 50.8. The predicted molar refractivity (Wildman–Crippen MR) is 104 cm³/mol. The second-order valence-corrected chi connectivity index (χ2v) is 6.67. The van der Waals surface area contributed by atoms with Gasteiger partial charge in [-0.2, -0.15) is 0 Å². The van der Waals surface area contributed by atoms with Gasteiger partial charge in [0, 0.05) is 18.4 Å². The number of carbonyl (C=O) groups is 4. The minimum absolute atomic E-state index is 0.167. The molecule has 6 nitrogen and oxygen atoms in total. The highest BCUT2D eigenvalue weighted by atomic mass is 16.5. The van der Waals surface area contributed by atoms with E-state index in [-0.39, 0.29) is 24.6 Å². The molecule has 1 aliphatic heterocycles. The van der Waals surface area contributed by atoms with E-state index in [1.807, 2.05) is 0 Å². The van der Waals surface area contributed by atoms with Crippen LogP contribution in [0.2, 0.25) is 0 Å². The van der Waals surface area contributed by atoms with Gasteiger partial charge in [-0.25, -0.2) is 4.90 Å². The van der Waals surface area contributed by atoms with Crippen molar-refractivity contribution < 1.29 is 23.9 Å². The third kappa shape index (κ3) is 3.58. The number of hydrogen-bond donors (Lipinski definition) is 0. The number of anilines is 1. The molecule has 28 heavy (non-hydrogen) atoms. The van der Waals surface area contributed by atoms with E-state index in [1.54, 1.807) is 49.4 Å². The maximum Gasteiger partial charge on any atom is 0.305 e. The van der Waals surface area contributed by atoms with Gasteiger partial charge in [0.1, 0.15) is 0 Å². The summed E-state index contributed by atoms with van der Waals surface area (Å²) in [5.74, 6) is -1.32. The van der Waals surface area contributed by atoms with Crippen molar-refractivity contribution in [3.05, 3.63) is 64.7 Å². The number of Topliss-reactive ketones (excluding diaryl/α,β-unsaturated/α-hetero) is 1. The molecule has 2 amide bonds. The van der Waals surface area contributed by atoms with Crippen LogP contribution in [0.3, 0.4) is 0 Å². The molecule has 0 saturated heterocycles. The average molecular weight is 379 g/mol. The first kappa shape index (κ1) is 19.5. The number of amides is 2. The van der Waals surface area contributed by atoms with Crippen molar-refractivity contribution in [3.8, 4) is 0 Å². The molecule has 0 aliphatic carbocycles. The number of aryl methyl sites for hydroxylation is 1. The molecule has 6 heteroatoms. The van der Waals surface area contributed by atoms with Crippen LogP contribution in [0.15, 0.2) is 42.5 Å². The van der Waals surface area contributed by atoms with E-state index in [4.69, 9.17) is 0 Å². The number of hydrogen-bond acceptors (Lipinski definition) is 5. The summed E-state index contributed by atoms with van der Waals surface area (Å²) in [6.07, 6.45) is 1.52. The number of carbonyl (C=O) groups excluding carboxylic acids is 4. The average Bonchev–Trinajstić information content (AvgIpc) is 2.95. The van der Waals surface area contributed by atoms with Gasteiger partial charge in [0.2, 0.25) is 0 Å². The van der Waals surface area contributed by atoms with Crippen molar-refractivity contribution in [3.63, 3.8) is 0 Å². The van der Waals surface area contributed by atoms with Crippen LogP contribution in [0.25, 0.3) is 0 Å². The largest absolute Gasteiger partial charge is 0.469 e.